The first-order valence-electron chi connectivity index (χ1n) is 6.37. The molecule has 0 atom stereocenters. The Morgan fingerprint density at radius 2 is 2.10 bits per heavy atom. The minimum absolute atomic E-state index is 0.197. The van der Waals surface area contributed by atoms with Crippen LogP contribution in [0.25, 0.3) is 11.3 Å². The fourth-order valence-corrected chi connectivity index (χ4v) is 2.34. The molecular formula is C14H17N3O3S. The van der Waals surface area contributed by atoms with E-state index in [1.807, 2.05) is 30.5 Å². The third kappa shape index (κ3) is 3.18. The normalized spacial score (nSPS) is 10.4. The van der Waals surface area contributed by atoms with Crippen LogP contribution in [0.2, 0.25) is 0 Å². The number of hydrogen-bond donors (Lipinski definition) is 0. The van der Waals surface area contributed by atoms with Crippen molar-refractivity contribution < 1.29 is 14.3 Å². The molecule has 0 aliphatic carbocycles. The van der Waals surface area contributed by atoms with E-state index in [0.29, 0.717) is 18.0 Å². The maximum Gasteiger partial charge on any atom is 0.360 e. The van der Waals surface area contributed by atoms with E-state index in [9.17, 15) is 4.79 Å². The molecule has 0 spiro atoms. The molecule has 0 fully saturated rings. The predicted octanol–water partition coefficient (Wildman–Crippen LogP) is 2.10. The van der Waals surface area contributed by atoms with Crippen LogP contribution in [0.15, 0.2) is 24.3 Å². The van der Waals surface area contributed by atoms with Gasteiger partial charge in [-0.25, -0.2) is 9.48 Å². The fraction of sp³-hybridized carbons (Fsp3) is 0.357. The molecule has 7 heteroatoms. The van der Waals surface area contributed by atoms with Crippen molar-refractivity contribution in [2.24, 2.45) is 0 Å². The summed E-state index contributed by atoms with van der Waals surface area (Å²) in [5.74, 6) is 1.02. The zero-order valence-corrected chi connectivity index (χ0v) is 13.0. The van der Waals surface area contributed by atoms with Crippen molar-refractivity contribution in [2.45, 2.75) is 6.54 Å². The van der Waals surface area contributed by atoms with Gasteiger partial charge < -0.3 is 9.47 Å². The van der Waals surface area contributed by atoms with E-state index in [-0.39, 0.29) is 5.69 Å². The van der Waals surface area contributed by atoms with Crippen molar-refractivity contribution >= 4 is 17.7 Å². The SMILES string of the molecule is COC(=O)c1nnn(CCSC)c1-c1ccccc1OC. The molecule has 0 bridgehead atoms. The number of hydrogen-bond acceptors (Lipinski definition) is 6. The van der Waals surface area contributed by atoms with Gasteiger partial charge in [-0.3, -0.25) is 0 Å². The first-order chi connectivity index (χ1) is 10.2. The van der Waals surface area contributed by atoms with Gasteiger partial charge in [-0.2, -0.15) is 11.8 Å². The highest BCUT2D eigenvalue weighted by molar-refractivity contribution is 7.98. The third-order valence-corrected chi connectivity index (χ3v) is 3.57. The molecule has 1 heterocycles. The lowest BCUT2D eigenvalue weighted by Gasteiger charge is -2.11. The number of benzene rings is 1. The van der Waals surface area contributed by atoms with E-state index in [4.69, 9.17) is 9.47 Å². The molecule has 0 radical (unpaired) electrons. The monoisotopic (exact) mass is 307 g/mol. The Morgan fingerprint density at radius 3 is 2.76 bits per heavy atom. The molecule has 1 aromatic carbocycles. The molecule has 6 nitrogen and oxygen atoms in total. The Hall–Kier alpha value is -2.02. The van der Waals surface area contributed by atoms with Gasteiger partial charge in [-0.15, -0.1) is 5.10 Å². The average molecular weight is 307 g/mol. The summed E-state index contributed by atoms with van der Waals surface area (Å²) in [7, 11) is 2.92. The summed E-state index contributed by atoms with van der Waals surface area (Å²) in [5, 5.41) is 8.04. The Labute approximate surface area is 127 Å². The first-order valence-corrected chi connectivity index (χ1v) is 7.76. The number of ether oxygens (including phenoxy) is 2. The number of carbonyl (C=O) groups is 1. The zero-order chi connectivity index (χ0) is 15.2. The summed E-state index contributed by atoms with van der Waals surface area (Å²) in [6.45, 7) is 0.651. The van der Waals surface area contributed by atoms with Crippen molar-refractivity contribution in [3.8, 4) is 17.0 Å². The quantitative estimate of drug-likeness (QED) is 0.761. The molecule has 0 saturated heterocycles. The zero-order valence-electron chi connectivity index (χ0n) is 12.2. The Bertz CT molecular complexity index is 628. The van der Waals surface area contributed by atoms with Crippen LogP contribution in [0.1, 0.15) is 10.5 Å². The number of nitrogens with zero attached hydrogens (tertiary/aromatic N) is 3. The van der Waals surface area contributed by atoms with E-state index in [2.05, 4.69) is 10.3 Å². The Morgan fingerprint density at radius 1 is 1.33 bits per heavy atom. The molecule has 0 saturated carbocycles. The second-order valence-electron chi connectivity index (χ2n) is 4.19. The number of para-hydroxylation sites is 1. The van der Waals surface area contributed by atoms with Gasteiger partial charge in [0.2, 0.25) is 0 Å². The highest BCUT2D eigenvalue weighted by Crippen LogP contribution is 2.31. The standard InChI is InChI=1S/C14H17N3O3S/c1-19-11-7-5-4-6-10(11)13-12(14(18)20-2)15-16-17(13)8-9-21-3/h4-7H,8-9H2,1-3H3. The smallest absolute Gasteiger partial charge is 0.360 e. The van der Waals surface area contributed by atoms with E-state index in [1.165, 1.54) is 7.11 Å². The number of thioether (sulfide) groups is 1. The third-order valence-electron chi connectivity index (χ3n) is 2.98. The number of esters is 1. The molecular weight excluding hydrogens is 290 g/mol. The Kier molecular flexibility index (Phi) is 5.21. The van der Waals surface area contributed by atoms with Crippen molar-refractivity contribution in [1.29, 1.82) is 0 Å². The van der Waals surface area contributed by atoms with Gasteiger partial charge >= 0.3 is 5.97 Å². The van der Waals surface area contributed by atoms with Crippen molar-refractivity contribution in [3.05, 3.63) is 30.0 Å². The summed E-state index contributed by atoms with van der Waals surface area (Å²) >= 11 is 1.70. The molecule has 0 amide bonds. The summed E-state index contributed by atoms with van der Waals surface area (Å²) in [4.78, 5) is 11.9. The second-order valence-corrected chi connectivity index (χ2v) is 5.18. The van der Waals surface area contributed by atoms with Gasteiger partial charge in [0.05, 0.1) is 20.8 Å². The van der Waals surface area contributed by atoms with E-state index < -0.39 is 5.97 Å². The van der Waals surface area contributed by atoms with Crippen molar-refractivity contribution in [1.82, 2.24) is 15.0 Å². The minimum atomic E-state index is -0.508. The predicted molar refractivity (Wildman–Crippen MR) is 81.7 cm³/mol. The molecule has 1 aromatic heterocycles. The molecule has 0 N–H and O–H groups in total. The molecule has 0 aliphatic heterocycles. The Balaban J connectivity index is 2.57. The molecule has 21 heavy (non-hydrogen) atoms. The molecule has 0 aliphatic rings. The largest absolute Gasteiger partial charge is 0.496 e. The van der Waals surface area contributed by atoms with Crippen LogP contribution in [0.3, 0.4) is 0 Å². The van der Waals surface area contributed by atoms with Gasteiger partial charge in [-0.1, -0.05) is 17.3 Å². The van der Waals surface area contributed by atoms with Crippen molar-refractivity contribution in [2.75, 3.05) is 26.2 Å². The summed E-state index contributed by atoms with van der Waals surface area (Å²) in [6, 6.07) is 7.46. The molecule has 112 valence electrons. The lowest BCUT2D eigenvalue weighted by atomic mass is 10.1. The lowest BCUT2D eigenvalue weighted by Crippen LogP contribution is -2.08. The van der Waals surface area contributed by atoms with Gasteiger partial charge in [0.15, 0.2) is 5.69 Å². The first kappa shape index (κ1) is 15.4. The fourth-order valence-electron chi connectivity index (χ4n) is 1.99. The second kappa shape index (κ2) is 7.12. The van der Waals surface area contributed by atoms with Gasteiger partial charge in [0, 0.05) is 11.3 Å². The van der Waals surface area contributed by atoms with E-state index >= 15 is 0 Å². The number of methoxy groups -OCH3 is 2. The average Bonchev–Trinajstić information content (AvgIpc) is 2.95. The van der Waals surface area contributed by atoms with Gasteiger partial charge in [-0.05, 0) is 18.4 Å². The topological polar surface area (TPSA) is 66.2 Å². The molecule has 2 aromatic rings. The highest BCUT2D eigenvalue weighted by Gasteiger charge is 2.23. The number of aromatic nitrogens is 3. The van der Waals surface area contributed by atoms with Gasteiger partial charge in [0.25, 0.3) is 0 Å². The van der Waals surface area contributed by atoms with Crippen LogP contribution in [0.4, 0.5) is 0 Å². The van der Waals surface area contributed by atoms with Gasteiger partial charge in [0.1, 0.15) is 11.4 Å². The highest BCUT2D eigenvalue weighted by atomic mass is 32.2. The van der Waals surface area contributed by atoms with Crippen LogP contribution in [0, 0.1) is 0 Å². The lowest BCUT2D eigenvalue weighted by molar-refractivity contribution is 0.0595. The summed E-state index contributed by atoms with van der Waals surface area (Å²) in [6.07, 6.45) is 2.01. The number of aryl methyl sites for hydroxylation is 1. The minimum Gasteiger partial charge on any atom is -0.496 e. The number of rotatable bonds is 6. The molecule has 2 rings (SSSR count). The van der Waals surface area contributed by atoms with E-state index in [0.717, 1.165) is 11.3 Å². The maximum atomic E-state index is 11.9. The van der Waals surface area contributed by atoms with Crippen LogP contribution < -0.4 is 4.74 Å². The van der Waals surface area contributed by atoms with Crippen LogP contribution in [0.5, 0.6) is 5.75 Å². The molecule has 0 unspecified atom stereocenters. The van der Waals surface area contributed by atoms with Crippen LogP contribution in [-0.2, 0) is 11.3 Å². The van der Waals surface area contributed by atoms with Crippen LogP contribution in [-0.4, -0.2) is 47.2 Å². The maximum absolute atomic E-state index is 11.9. The van der Waals surface area contributed by atoms with E-state index in [1.54, 1.807) is 23.6 Å². The summed E-state index contributed by atoms with van der Waals surface area (Å²) < 4.78 is 11.9. The number of carbonyl (C=O) groups excluding carboxylic acids is 1. The van der Waals surface area contributed by atoms with Crippen molar-refractivity contribution in [3.63, 3.8) is 0 Å². The summed E-state index contributed by atoms with van der Waals surface area (Å²) in [5.41, 5.74) is 1.59. The van der Waals surface area contributed by atoms with Crippen LogP contribution >= 0.6 is 11.8 Å².